The molecule has 0 radical (unpaired) electrons. The Balaban J connectivity index is 2.52. The Bertz CT molecular complexity index is 450. The number of rotatable bonds is 2. The van der Waals surface area contributed by atoms with Crippen LogP contribution in [0.1, 0.15) is 0 Å². The van der Waals surface area contributed by atoms with Crippen LogP contribution < -0.4 is 0 Å². The summed E-state index contributed by atoms with van der Waals surface area (Å²) in [6.45, 7) is 0. The van der Waals surface area contributed by atoms with Crippen molar-refractivity contribution in [1.29, 1.82) is 0 Å². The van der Waals surface area contributed by atoms with Gasteiger partial charge in [-0.1, -0.05) is 28.0 Å². The van der Waals surface area contributed by atoms with Crippen molar-refractivity contribution in [3.63, 3.8) is 0 Å². The molecule has 0 unspecified atom stereocenters. The van der Waals surface area contributed by atoms with Gasteiger partial charge in [-0.25, -0.2) is 0 Å². The lowest BCUT2D eigenvalue weighted by atomic mass is 10.3. The van der Waals surface area contributed by atoms with Crippen LogP contribution in [0.2, 0.25) is 0 Å². The van der Waals surface area contributed by atoms with Crippen molar-refractivity contribution < 1.29 is 4.92 Å². The second kappa shape index (κ2) is 3.29. The molecule has 2 rings (SSSR count). The largest absolute Gasteiger partial charge is 0.358 e. The van der Waals surface area contributed by atoms with E-state index in [9.17, 15) is 10.1 Å². The molecule has 1 aromatic heterocycles. The summed E-state index contributed by atoms with van der Waals surface area (Å²) in [5.74, 6) is -0.0313. The highest BCUT2D eigenvalue weighted by Gasteiger charge is 2.14. The third-order valence-electron chi connectivity index (χ3n) is 1.81. The van der Waals surface area contributed by atoms with Gasteiger partial charge in [-0.3, -0.25) is 0 Å². The van der Waals surface area contributed by atoms with Gasteiger partial charge >= 0.3 is 5.82 Å². The van der Waals surface area contributed by atoms with Crippen LogP contribution in [0, 0.1) is 10.1 Å². The molecule has 0 aliphatic heterocycles. The molecule has 5 nitrogen and oxygen atoms in total. The summed E-state index contributed by atoms with van der Waals surface area (Å²) in [4.78, 5) is 10.1. The van der Waals surface area contributed by atoms with Gasteiger partial charge in [0.2, 0.25) is 0 Å². The first-order chi connectivity index (χ1) is 6.79. The molecular weight excluding hydrogens is 182 g/mol. The zero-order chi connectivity index (χ0) is 9.97. The Morgan fingerprint density at radius 3 is 2.57 bits per heavy atom. The van der Waals surface area contributed by atoms with Gasteiger partial charge in [0.15, 0.2) is 5.69 Å². The molecule has 1 aromatic carbocycles. The summed E-state index contributed by atoms with van der Waals surface area (Å²) in [5.41, 5.74) is 0.684. The average Bonchev–Trinajstić information content (AvgIpc) is 2.67. The van der Waals surface area contributed by atoms with Crippen LogP contribution >= 0.6 is 0 Å². The third kappa shape index (κ3) is 1.35. The van der Waals surface area contributed by atoms with Crippen LogP contribution in [-0.2, 0) is 0 Å². The van der Waals surface area contributed by atoms with E-state index >= 15 is 0 Å². The molecule has 14 heavy (non-hydrogen) atoms. The minimum atomic E-state index is -0.458. The van der Waals surface area contributed by atoms with Crippen molar-refractivity contribution in [3.05, 3.63) is 52.7 Å². The number of nitrogens with zero attached hydrogens (tertiary/aromatic N) is 3. The van der Waals surface area contributed by atoms with E-state index in [1.165, 1.54) is 16.9 Å². The average molecular weight is 189 g/mol. The van der Waals surface area contributed by atoms with E-state index in [4.69, 9.17) is 0 Å². The fraction of sp³-hybridized carbons (Fsp3) is 0. The molecule has 0 bridgehead atoms. The number of benzene rings is 1. The van der Waals surface area contributed by atoms with Crippen LogP contribution in [0.4, 0.5) is 5.82 Å². The van der Waals surface area contributed by atoms with Crippen molar-refractivity contribution in [2.75, 3.05) is 0 Å². The minimum Gasteiger partial charge on any atom is -0.358 e. The van der Waals surface area contributed by atoms with Crippen molar-refractivity contribution in [2.24, 2.45) is 0 Å². The van der Waals surface area contributed by atoms with Crippen molar-refractivity contribution in [1.82, 2.24) is 9.78 Å². The van der Waals surface area contributed by atoms with Crippen LogP contribution in [0.3, 0.4) is 0 Å². The highest BCUT2D eigenvalue weighted by atomic mass is 16.6. The molecule has 0 spiro atoms. The Labute approximate surface area is 79.7 Å². The molecule has 0 fully saturated rings. The maximum atomic E-state index is 10.6. The summed E-state index contributed by atoms with van der Waals surface area (Å²) < 4.78 is 1.29. The molecule has 0 amide bonds. The zero-order valence-corrected chi connectivity index (χ0v) is 7.20. The molecule has 0 N–H and O–H groups in total. The van der Waals surface area contributed by atoms with Crippen LogP contribution in [0.5, 0.6) is 0 Å². The Morgan fingerprint density at radius 1 is 1.21 bits per heavy atom. The van der Waals surface area contributed by atoms with Gasteiger partial charge in [0, 0.05) is 0 Å². The van der Waals surface area contributed by atoms with E-state index in [-0.39, 0.29) is 5.82 Å². The summed E-state index contributed by atoms with van der Waals surface area (Å²) in [6, 6.07) is 10.4. The highest BCUT2D eigenvalue weighted by molar-refractivity contribution is 5.36. The first kappa shape index (κ1) is 8.43. The lowest BCUT2D eigenvalue weighted by molar-refractivity contribution is -0.391. The lowest BCUT2D eigenvalue weighted by Gasteiger charge is -1.97. The van der Waals surface area contributed by atoms with Gasteiger partial charge in [-0.2, -0.15) is 0 Å². The molecule has 0 aliphatic rings. The number of hydrogen-bond donors (Lipinski definition) is 0. The lowest BCUT2D eigenvalue weighted by Crippen LogP contribution is -2.01. The van der Waals surface area contributed by atoms with Gasteiger partial charge in [0.1, 0.15) is 0 Å². The van der Waals surface area contributed by atoms with E-state index < -0.39 is 4.92 Å². The first-order valence-corrected chi connectivity index (χ1v) is 4.03. The molecule has 1 heterocycles. The zero-order valence-electron chi connectivity index (χ0n) is 7.20. The first-order valence-electron chi connectivity index (χ1n) is 4.03. The normalized spacial score (nSPS) is 10.0. The van der Waals surface area contributed by atoms with Gasteiger partial charge in [0.25, 0.3) is 0 Å². The molecule has 0 aliphatic carbocycles. The predicted molar refractivity (Wildman–Crippen MR) is 50.2 cm³/mol. The van der Waals surface area contributed by atoms with Gasteiger partial charge in [0.05, 0.1) is 12.3 Å². The maximum Gasteiger partial charge on any atom is 0.350 e. The smallest absolute Gasteiger partial charge is 0.350 e. The molecule has 5 heteroatoms. The monoisotopic (exact) mass is 189 g/mol. The van der Waals surface area contributed by atoms with Gasteiger partial charge in [-0.05, 0) is 17.1 Å². The summed E-state index contributed by atoms with van der Waals surface area (Å²) in [6.07, 6.45) is 1.41. The van der Waals surface area contributed by atoms with E-state index in [2.05, 4.69) is 5.10 Å². The van der Waals surface area contributed by atoms with Crippen molar-refractivity contribution >= 4 is 5.82 Å². The molecule has 2 aromatic rings. The fourth-order valence-corrected chi connectivity index (χ4v) is 1.20. The number of aromatic nitrogens is 2. The molecule has 0 saturated carbocycles. The Morgan fingerprint density at radius 2 is 1.93 bits per heavy atom. The number of hydrogen-bond acceptors (Lipinski definition) is 3. The standard InChI is InChI=1S/C9H7N3O2/c13-12(14)9-6-7-10-11(9)8-4-2-1-3-5-8/h1-7H. The Hall–Kier alpha value is -2.17. The quantitative estimate of drug-likeness (QED) is 0.534. The summed E-state index contributed by atoms with van der Waals surface area (Å²) in [5, 5.41) is 14.5. The van der Waals surface area contributed by atoms with Crippen LogP contribution in [0.15, 0.2) is 42.6 Å². The van der Waals surface area contributed by atoms with Crippen molar-refractivity contribution in [3.8, 4) is 5.69 Å². The highest BCUT2D eigenvalue weighted by Crippen LogP contribution is 2.15. The number of para-hydroxylation sites is 1. The predicted octanol–water partition coefficient (Wildman–Crippen LogP) is 1.78. The SMILES string of the molecule is O=[N+]([O-])c1ccnn1-c1ccccc1. The molecular formula is C9H7N3O2. The topological polar surface area (TPSA) is 61.0 Å². The van der Waals surface area contributed by atoms with E-state index in [1.54, 1.807) is 24.3 Å². The van der Waals surface area contributed by atoms with Crippen molar-refractivity contribution in [2.45, 2.75) is 0 Å². The molecule has 70 valence electrons. The minimum absolute atomic E-state index is 0.0313. The molecule has 0 atom stereocenters. The van der Waals surface area contributed by atoms with E-state index in [1.807, 2.05) is 6.07 Å². The molecule has 0 saturated heterocycles. The second-order valence-electron chi connectivity index (χ2n) is 2.69. The fourth-order valence-electron chi connectivity index (χ4n) is 1.20. The third-order valence-corrected chi connectivity index (χ3v) is 1.81. The summed E-state index contributed by atoms with van der Waals surface area (Å²) in [7, 11) is 0. The summed E-state index contributed by atoms with van der Waals surface area (Å²) >= 11 is 0. The maximum absolute atomic E-state index is 10.6. The van der Waals surface area contributed by atoms with Gasteiger partial charge < -0.3 is 10.1 Å². The van der Waals surface area contributed by atoms with Gasteiger partial charge in [-0.15, -0.1) is 0 Å². The Kier molecular flexibility index (Phi) is 1.98. The van der Waals surface area contributed by atoms with Crippen LogP contribution in [-0.4, -0.2) is 14.7 Å². The van der Waals surface area contributed by atoms with E-state index in [0.717, 1.165) is 0 Å². The van der Waals surface area contributed by atoms with Crippen LogP contribution in [0.25, 0.3) is 5.69 Å². The van der Waals surface area contributed by atoms with E-state index in [0.29, 0.717) is 5.69 Å². The number of nitro groups is 1. The second-order valence-corrected chi connectivity index (χ2v) is 2.69.